The second kappa shape index (κ2) is 3.79. The second-order valence-electron chi connectivity index (χ2n) is 5.70. The van der Waals surface area contributed by atoms with E-state index in [0.717, 1.165) is 0 Å². The molecule has 0 radical (unpaired) electrons. The van der Waals surface area contributed by atoms with Gasteiger partial charge in [-0.1, -0.05) is 20.8 Å². The number of carbonyl (C=O) groups excluding carboxylic acids is 1. The average molecular weight is 258 g/mol. The molecule has 2 aliphatic rings. The molecule has 0 saturated carbocycles. The molecular weight excluding hydrogens is 244 g/mol. The van der Waals surface area contributed by atoms with Gasteiger partial charge in [-0.2, -0.15) is 15.6 Å². The Hall–Kier alpha value is -2.41. The number of nitrogens with one attached hydrogen (secondary N) is 1. The number of amides is 1. The topological polar surface area (TPSA) is 127 Å². The summed E-state index contributed by atoms with van der Waals surface area (Å²) in [5, 5.41) is 29.1. The van der Waals surface area contributed by atoms with Crippen LogP contribution < -0.4 is 11.1 Å². The van der Waals surface area contributed by atoms with E-state index in [0.29, 0.717) is 0 Å². The van der Waals surface area contributed by atoms with Crippen molar-refractivity contribution in [1.82, 2.24) is 5.32 Å². The van der Waals surface area contributed by atoms with Gasteiger partial charge in [0.1, 0.15) is 5.92 Å². The third kappa shape index (κ3) is 1.52. The minimum Gasteiger partial charge on any atom is -0.381 e. The summed E-state index contributed by atoms with van der Waals surface area (Å²) in [5.41, 5.74) is 4.20. The summed E-state index contributed by atoms with van der Waals surface area (Å²) in [6, 6.07) is 3.90. The van der Waals surface area contributed by atoms with Gasteiger partial charge in [0.15, 0.2) is 11.5 Å². The van der Waals surface area contributed by atoms with Gasteiger partial charge in [-0.25, -0.2) is 0 Å². The Morgan fingerprint density at radius 2 is 2.05 bits per heavy atom. The van der Waals surface area contributed by atoms with Crippen LogP contribution in [0.15, 0.2) is 21.6 Å². The molecule has 1 saturated heterocycles. The Bertz CT molecular complexity index is 585. The number of hydrogen-bond acceptors (Lipinski definition) is 6. The summed E-state index contributed by atoms with van der Waals surface area (Å²) in [6.45, 7) is 5.61. The van der Waals surface area contributed by atoms with Gasteiger partial charge in [-0.3, -0.25) is 4.79 Å². The first-order valence-electron chi connectivity index (χ1n) is 5.83. The number of nitrogens with two attached hydrogens (primary N) is 1. The summed E-state index contributed by atoms with van der Waals surface area (Å²) < 4.78 is 0. The number of hydrogen-bond donors (Lipinski definition) is 2. The lowest BCUT2D eigenvalue weighted by Crippen LogP contribution is -2.55. The Balaban J connectivity index is 2.70. The minimum atomic E-state index is -1.10. The molecule has 0 aliphatic carbocycles. The van der Waals surface area contributed by atoms with Crippen LogP contribution in [0.3, 0.4) is 0 Å². The molecule has 7 heteroatoms. The summed E-state index contributed by atoms with van der Waals surface area (Å²) in [6.07, 6.45) is 0. The van der Waals surface area contributed by atoms with E-state index in [-0.39, 0.29) is 11.4 Å². The number of nitriles is 2. The molecule has 1 amide bonds. The lowest BCUT2D eigenvalue weighted by atomic mass is 9.68. The molecule has 3 N–H and O–H groups in total. The van der Waals surface area contributed by atoms with Crippen molar-refractivity contribution in [2.24, 2.45) is 33.2 Å². The molecule has 0 spiro atoms. The van der Waals surface area contributed by atoms with E-state index >= 15 is 0 Å². The highest BCUT2D eigenvalue weighted by atomic mass is 16.2. The zero-order chi connectivity index (χ0) is 14.4. The normalized spacial score (nSPS) is 33.4. The number of azo groups is 1. The van der Waals surface area contributed by atoms with Gasteiger partial charge in [-0.05, 0) is 0 Å². The van der Waals surface area contributed by atoms with Crippen molar-refractivity contribution < 1.29 is 4.79 Å². The SMILES string of the molecule is CC(C)(C)C12N=NC(N)=C(C#N)C1C(C#N)C(=O)N2. The molecule has 2 heterocycles. The van der Waals surface area contributed by atoms with E-state index in [1.165, 1.54) is 0 Å². The van der Waals surface area contributed by atoms with Crippen molar-refractivity contribution in [3.8, 4) is 12.1 Å². The first kappa shape index (κ1) is 13.0. The van der Waals surface area contributed by atoms with Crippen molar-refractivity contribution in [1.29, 1.82) is 10.5 Å². The van der Waals surface area contributed by atoms with Crippen LogP contribution in [0.25, 0.3) is 0 Å². The van der Waals surface area contributed by atoms with Crippen molar-refractivity contribution in [3.63, 3.8) is 0 Å². The molecule has 0 aromatic carbocycles. The molecule has 19 heavy (non-hydrogen) atoms. The summed E-state index contributed by atoms with van der Waals surface area (Å²) >= 11 is 0. The Kier molecular flexibility index (Phi) is 2.60. The number of fused-ring (bicyclic) bond motifs is 1. The van der Waals surface area contributed by atoms with Crippen LogP contribution in [0.1, 0.15) is 20.8 Å². The molecule has 0 aromatic rings. The van der Waals surface area contributed by atoms with Gasteiger partial charge in [0, 0.05) is 5.41 Å². The highest BCUT2D eigenvalue weighted by Gasteiger charge is 2.63. The van der Waals surface area contributed by atoms with E-state index in [1.54, 1.807) is 0 Å². The van der Waals surface area contributed by atoms with Crippen molar-refractivity contribution in [2.45, 2.75) is 26.4 Å². The van der Waals surface area contributed by atoms with Crippen molar-refractivity contribution in [2.75, 3.05) is 0 Å². The van der Waals surface area contributed by atoms with Crippen LogP contribution in [0.4, 0.5) is 0 Å². The fourth-order valence-corrected chi connectivity index (χ4v) is 2.61. The Morgan fingerprint density at radius 3 is 2.53 bits per heavy atom. The van der Waals surface area contributed by atoms with Gasteiger partial charge in [-0.15, -0.1) is 5.11 Å². The lowest BCUT2D eigenvalue weighted by Gasteiger charge is -2.42. The zero-order valence-electron chi connectivity index (χ0n) is 10.9. The molecule has 2 aliphatic heterocycles. The molecule has 3 atom stereocenters. The standard InChI is InChI=1S/C12H14N6O/c1-11(2,3)12-8(7(5-14)10(19)16-12)6(4-13)9(15)17-18-12/h7-8H,15H2,1-3H3,(H,16,19). The zero-order valence-corrected chi connectivity index (χ0v) is 10.9. The van der Waals surface area contributed by atoms with Gasteiger partial charge < -0.3 is 11.1 Å². The van der Waals surface area contributed by atoms with Crippen LogP contribution in [-0.4, -0.2) is 11.6 Å². The molecule has 3 unspecified atom stereocenters. The van der Waals surface area contributed by atoms with Crippen molar-refractivity contribution >= 4 is 5.91 Å². The maximum atomic E-state index is 12.0. The number of rotatable bonds is 0. The third-order valence-corrected chi connectivity index (χ3v) is 3.69. The fourth-order valence-electron chi connectivity index (χ4n) is 2.61. The van der Waals surface area contributed by atoms with Gasteiger partial charge in [0.25, 0.3) is 0 Å². The van der Waals surface area contributed by atoms with E-state index in [4.69, 9.17) is 5.73 Å². The molecule has 1 fully saturated rings. The van der Waals surface area contributed by atoms with E-state index in [1.807, 2.05) is 32.9 Å². The maximum absolute atomic E-state index is 12.0. The minimum absolute atomic E-state index is 0.0240. The van der Waals surface area contributed by atoms with Gasteiger partial charge in [0.2, 0.25) is 5.91 Å². The highest BCUT2D eigenvalue weighted by molar-refractivity contribution is 5.86. The fraction of sp³-hybridized carbons (Fsp3) is 0.583. The van der Waals surface area contributed by atoms with E-state index in [9.17, 15) is 15.3 Å². The van der Waals surface area contributed by atoms with Crippen molar-refractivity contribution in [3.05, 3.63) is 11.4 Å². The first-order valence-corrected chi connectivity index (χ1v) is 5.83. The van der Waals surface area contributed by atoms with Crippen LogP contribution in [0, 0.1) is 39.9 Å². The summed E-state index contributed by atoms with van der Waals surface area (Å²) in [7, 11) is 0. The predicted molar refractivity (Wildman–Crippen MR) is 64.6 cm³/mol. The monoisotopic (exact) mass is 258 g/mol. The quantitative estimate of drug-likeness (QED) is 0.665. The largest absolute Gasteiger partial charge is 0.381 e. The number of carbonyl (C=O) groups is 1. The highest BCUT2D eigenvalue weighted by Crippen LogP contribution is 2.50. The molecule has 0 aromatic heterocycles. The van der Waals surface area contributed by atoms with Crippen LogP contribution in [-0.2, 0) is 4.79 Å². The molecule has 0 bridgehead atoms. The predicted octanol–water partition coefficient (Wildman–Crippen LogP) is 0.774. The molecule has 7 nitrogen and oxygen atoms in total. The second-order valence-corrected chi connectivity index (χ2v) is 5.70. The Morgan fingerprint density at radius 1 is 1.42 bits per heavy atom. The van der Waals surface area contributed by atoms with Gasteiger partial charge >= 0.3 is 0 Å². The van der Waals surface area contributed by atoms with E-state index in [2.05, 4.69) is 15.5 Å². The third-order valence-electron chi connectivity index (χ3n) is 3.69. The Labute approximate surface area is 110 Å². The summed E-state index contributed by atoms with van der Waals surface area (Å²) in [4.78, 5) is 12.0. The summed E-state index contributed by atoms with van der Waals surface area (Å²) in [5.74, 6) is -2.15. The smallest absolute Gasteiger partial charge is 0.240 e. The van der Waals surface area contributed by atoms with Crippen LogP contribution in [0.2, 0.25) is 0 Å². The lowest BCUT2D eigenvalue weighted by molar-refractivity contribution is -0.122. The van der Waals surface area contributed by atoms with E-state index < -0.39 is 28.8 Å². The van der Waals surface area contributed by atoms with Crippen LogP contribution >= 0.6 is 0 Å². The maximum Gasteiger partial charge on any atom is 0.240 e. The molecule has 98 valence electrons. The van der Waals surface area contributed by atoms with Gasteiger partial charge in [0.05, 0.1) is 23.6 Å². The molecule has 2 rings (SSSR count). The number of nitrogens with zero attached hydrogens (tertiary/aromatic N) is 4. The van der Waals surface area contributed by atoms with Crippen LogP contribution in [0.5, 0.6) is 0 Å². The average Bonchev–Trinajstić information content (AvgIpc) is 2.61. The first-order chi connectivity index (χ1) is 8.78. The molecular formula is C12H14N6O.